The molecule has 3 atom stereocenters. The minimum absolute atomic E-state index is 0.0170. The number of halogens is 1. The van der Waals surface area contributed by atoms with E-state index in [1.165, 1.54) is 18.6 Å². The third-order valence-electron chi connectivity index (χ3n) is 4.09. The first-order chi connectivity index (χ1) is 8.63. The number of hydrogen-bond donors (Lipinski definition) is 2. The van der Waals surface area contributed by atoms with Crippen LogP contribution in [0.25, 0.3) is 0 Å². The Hall–Kier alpha value is -1.42. The number of carbonyl (C=O) groups is 1. The van der Waals surface area contributed by atoms with Gasteiger partial charge < -0.3 is 10.6 Å². The molecule has 0 aliphatic carbocycles. The smallest absolute Gasteiger partial charge is 0.229 e. The molecule has 2 fully saturated rings. The third-order valence-corrected chi connectivity index (χ3v) is 4.09. The Morgan fingerprint density at radius 3 is 2.94 bits per heavy atom. The maximum Gasteiger partial charge on any atom is 0.229 e. The van der Waals surface area contributed by atoms with E-state index in [1.807, 2.05) is 6.92 Å². The van der Waals surface area contributed by atoms with Crippen LogP contribution in [-0.2, 0) is 4.79 Å². The first-order valence-electron chi connectivity index (χ1n) is 6.46. The van der Waals surface area contributed by atoms with E-state index in [0.29, 0.717) is 17.8 Å². The van der Waals surface area contributed by atoms with Crippen LogP contribution in [0.2, 0.25) is 0 Å². The Kier molecular flexibility index (Phi) is 2.82. The number of carbonyl (C=O) groups excluding carboxylic acids is 1. The summed E-state index contributed by atoms with van der Waals surface area (Å²) in [6.07, 6.45) is 3.16. The number of amides is 1. The van der Waals surface area contributed by atoms with Crippen LogP contribution in [0.3, 0.4) is 0 Å². The topological polar surface area (TPSA) is 41.1 Å². The summed E-state index contributed by atoms with van der Waals surface area (Å²) in [5, 5.41) is 6.29. The summed E-state index contributed by atoms with van der Waals surface area (Å²) in [6, 6.07) is 5.28. The van der Waals surface area contributed by atoms with Crippen molar-refractivity contribution in [3.8, 4) is 0 Å². The highest BCUT2D eigenvalue weighted by Gasteiger charge is 2.42. The lowest BCUT2D eigenvalue weighted by Gasteiger charge is -2.20. The predicted octanol–water partition coefficient (Wildman–Crippen LogP) is 2.21. The molecule has 2 saturated heterocycles. The zero-order valence-electron chi connectivity index (χ0n) is 10.4. The largest absolute Gasteiger partial charge is 0.325 e. The van der Waals surface area contributed by atoms with Crippen LogP contribution >= 0.6 is 0 Å². The zero-order valence-corrected chi connectivity index (χ0v) is 10.4. The van der Waals surface area contributed by atoms with Crippen molar-refractivity contribution in [2.24, 2.45) is 5.92 Å². The fraction of sp³-hybridized carbons (Fsp3) is 0.500. The summed E-state index contributed by atoms with van der Waals surface area (Å²) in [5.41, 5.74) is 1.48. The van der Waals surface area contributed by atoms with Gasteiger partial charge in [-0.15, -0.1) is 0 Å². The molecule has 2 bridgehead atoms. The number of rotatable bonds is 2. The van der Waals surface area contributed by atoms with Crippen LogP contribution in [0, 0.1) is 18.7 Å². The number of nitrogens with one attached hydrogen (secondary N) is 2. The first-order valence-corrected chi connectivity index (χ1v) is 6.46. The number of fused-ring (bicyclic) bond motifs is 2. The highest BCUT2D eigenvalue weighted by Crippen LogP contribution is 2.34. The van der Waals surface area contributed by atoms with Gasteiger partial charge in [0.1, 0.15) is 5.82 Å². The van der Waals surface area contributed by atoms with Crippen LogP contribution in [0.5, 0.6) is 0 Å². The second-order valence-electron chi connectivity index (χ2n) is 5.34. The van der Waals surface area contributed by atoms with Gasteiger partial charge in [0.2, 0.25) is 5.91 Å². The summed E-state index contributed by atoms with van der Waals surface area (Å²) in [6.45, 7) is 1.87. The van der Waals surface area contributed by atoms with Gasteiger partial charge in [-0.25, -0.2) is 4.39 Å². The predicted molar refractivity (Wildman–Crippen MR) is 67.8 cm³/mol. The van der Waals surface area contributed by atoms with E-state index in [9.17, 15) is 9.18 Å². The van der Waals surface area contributed by atoms with Crippen LogP contribution in [0.15, 0.2) is 18.2 Å². The Labute approximate surface area is 106 Å². The second kappa shape index (κ2) is 4.35. The molecular formula is C14H17FN2O. The zero-order chi connectivity index (χ0) is 12.7. The molecule has 3 rings (SSSR count). The Morgan fingerprint density at radius 1 is 1.44 bits per heavy atom. The molecule has 0 radical (unpaired) electrons. The molecule has 96 valence electrons. The van der Waals surface area contributed by atoms with E-state index in [-0.39, 0.29) is 17.6 Å². The number of anilines is 1. The van der Waals surface area contributed by atoms with Crippen molar-refractivity contribution in [2.75, 3.05) is 5.32 Å². The maximum absolute atomic E-state index is 13.2. The van der Waals surface area contributed by atoms with Gasteiger partial charge in [-0.3, -0.25) is 4.79 Å². The molecule has 2 aliphatic heterocycles. The summed E-state index contributed by atoms with van der Waals surface area (Å²) >= 11 is 0. The van der Waals surface area contributed by atoms with Gasteiger partial charge in [-0.05, 0) is 43.9 Å². The molecule has 1 aromatic rings. The average molecular weight is 248 g/mol. The van der Waals surface area contributed by atoms with Crippen molar-refractivity contribution in [2.45, 2.75) is 38.3 Å². The van der Waals surface area contributed by atoms with E-state index in [0.717, 1.165) is 18.4 Å². The van der Waals surface area contributed by atoms with Crippen molar-refractivity contribution < 1.29 is 9.18 Å². The van der Waals surface area contributed by atoms with Crippen molar-refractivity contribution in [1.29, 1.82) is 0 Å². The van der Waals surface area contributed by atoms with Crippen LogP contribution in [-0.4, -0.2) is 18.0 Å². The van der Waals surface area contributed by atoms with Gasteiger partial charge in [0.25, 0.3) is 0 Å². The summed E-state index contributed by atoms with van der Waals surface area (Å²) in [4.78, 5) is 12.2. The molecule has 2 N–H and O–H groups in total. The molecule has 1 amide bonds. The molecule has 4 heteroatoms. The van der Waals surface area contributed by atoms with E-state index in [1.54, 1.807) is 6.07 Å². The number of benzene rings is 1. The molecule has 3 nitrogen and oxygen atoms in total. The fourth-order valence-corrected chi connectivity index (χ4v) is 3.07. The van der Waals surface area contributed by atoms with Crippen LogP contribution in [0.4, 0.5) is 10.1 Å². The van der Waals surface area contributed by atoms with Gasteiger partial charge in [-0.2, -0.15) is 0 Å². The second-order valence-corrected chi connectivity index (χ2v) is 5.34. The minimum atomic E-state index is -0.318. The van der Waals surface area contributed by atoms with Crippen molar-refractivity contribution >= 4 is 11.6 Å². The van der Waals surface area contributed by atoms with Crippen LogP contribution < -0.4 is 10.6 Å². The Bertz CT molecular complexity index is 489. The lowest BCUT2D eigenvalue weighted by Crippen LogP contribution is -2.33. The monoisotopic (exact) mass is 248 g/mol. The van der Waals surface area contributed by atoms with E-state index < -0.39 is 0 Å². The number of hydrogen-bond acceptors (Lipinski definition) is 2. The third kappa shape index (κ3) is 2.01. The first kappa shape index (κ1) is 11.7. The van der Waals surface area contributed by atoms with Crippen molar-refractivity contribution in [3.05, 3.63) is 29.6 Å². The Morgan fingerprint density at radius 2 is 2.28 bits per heavy atom. The molecule has 0 aromatic heterocycles. The highest BCUT2D eigenvalue weighted by molar-refractivity contribution is 5.94. The fourth-order valence-electron chi connectivity index (χ4n) is 3.07. The number of aryl methyl sites for hydroxylation is 1. The van der Waals surface area contributed by atoms with Crippen molar-refractivity contribution in [3.63, 3.8) is 0 Å². The molecule has 0 spiro atoms. The molecule has 1 aromatic carbocycles. The molecule has 0 saturated carbocycles. The quantitative estimate of drug-likeness (QED) is 0.842. The molecule has 3 unspecified atom stereocenters. The molecule has 2 aliphatic rings. The summed E-state index contributed by atoms with van der Waals surface area (Å²) in [7, 11) is 0. The minimum Gasteiger partial charge on any atom is -0.325 e. The summed E-state index contributed by atoms with van der Waals surface area (Å²) in [5.74, 6) is -0.267. The van der Waals surface area contributed by atoms with Crippen molar-refractivity contribution in [1.82, 2.24) is 5.32 Å². The van der Waals surface area contributed by atoms with Gasteiger partial charge in [0.15, 0.2) is 0 Å². The van der Waals surface area contributed by atoms with Crippen LogP contribution in [0.1, 0.15) is 24.8 Å². The van der Waals surface area contributed by atoms with Gasteiger partial charge in [-0.1, -0.05) is 6.07 Å². The molecular weight excluding hydrogens is 231 g/mol. The summed E-state index contributed by atoms with van der Waals surface area (Å²) < 4.78 is 13.2. The highest BCUT2D eigenvalue weighted by atomic mass is 19.1. The van der Waals surface area contributed by atoms with E-state index >= 15 is 0 Å². The normalized spacial score (nSPS) is 29.6. The lowest BCUT2D eigenvalue weighted by atomic mass is 9.88. The Balaban J connectivity index is 1.72. The maximum atomic E-state index is 13.2. The standard InChI is InChI=1S/C14H17FN2O/c1-8-2-3-9(15)6-13(8)17-14(18)11-7-10-4-5-12(11)16-10/h2-3,6,10-12,16H,4-5,7H2,1H3,(H,17,18). The lowest BCUT2D eigenvalue weighted by molar-refractivity contribution is -0.120. The van der Waals surface area contributed by atoms with Gasteiger partial charge in [0, 0.05) is 17.8 Å². The average Bonchev–Trinajstić information content (AvgIpc) is 2.96. The molecule has 18 heavy (non-hydrogen) atoms. The van der Waals surface area contributed by atoms with Gasteiger partial charge >= 0.3 is 0 Å². The SMILES string of the molecule is Cc1ccc(F)cc1NC(=O)C1CC2CCC1N2. The molecule has 2 heterocycles. The van der Waals surface area contributed by atoms with Gasteiger partial charge in [0.05, 0.1) is 5.92 Å². The van der Waals surface area contributed by atoms with E-state index in [2.05, 4.69) is 10.6 Å². The van der Waals surface area contributed by atoms with E-state index in [4.69, 9.17) is 0 Å².